The molecule has 0 bridgehead atoms. The van der Waals surface area contributed by atoms with E-state index in [4.69, 9.17) is 4.74 Å². The van der Waals surface area contributed by atoms with Crippen LogP contribution >= 0.6 is 0 Å². The van der Waals surface area contributed by atoms with E-state index in [0.29, 0.717) is 0 Å². The molecule has 0 unspecified atom stereocenters. The third kappa shape index (κ3) is 2.77. The fourth-order valence-electron chi connectivity index (χ4n) is 2.87. The Morgan fingerprint density at radius 1 is 1.38 bits per heavy atom. The van der Waals surface area contributed by atoms with E-state index in [1.54, 1.807) is 0 Å². The summed E-state index contributed by atoms with van der Waals surface area (Å²) in [6, 6.07) is 0.202. The largest absolute Gasteiger partial charge is 0.444 e. The van der Waals surface area contributed by atoms with E-state index >= 15 is 0 Å². The predicted molar refractivity (Wildman–Crippen MR) is 63.2 cm³/mol. The minimum Gasteiger partial charge on any atom is -0.444 e. The van der Waals surface area contributed by atoms with E-state index in [1.165, 1.54) is 32.1 Å². The number of ether oxygens (including phenoxy) is 1. The van der Waals surface area contributed by atoms with E-state index in [2.05, 4.69) is 11.9 Å². The molecule has 90 valence electrons. The van der Waals surface area contributed by atoms with Crippen molar-refractivity contribution in [2.45, 2.75) is 57.1 Å². The monoisotopic (exact) mass is 223 g/mol. The van der Waals surface area contributed by atoms with Gasteiger partial charge in [-0.05, 0) is 12.3 Å². The lowest BCUT2D eigenvalue weighted by molar-refractivity contribution is 0.127. The van der Waals surface area contributed by atoms with Crippen molar-refractivity contribution in [2.24, 2.45) is 5.92 Å². The number of hydrogen-bond acceptors (Lipinski definition) is 2. The topological polar surface area (TPSA) is 38.3 Å². The van der Waals surface area contributed by atoms with E-state index in [1.807, 2.05) is 6.08 Å². The summed E-state index contributed by atoms with van der Waals surface area (Å²) in [5, 5.41) is 2.93. The smallest absolute Gasteiger partial charge is 0.407 e. The molecule has 1 amide bonds. The van der Waals surface area contributed by atoms with Crippen molar-refractivity contribution < 1.29 is 9.53 Å². The molecule has 3 nitrogen and oxygen atoms in total. The van der Waals surface area contributed by atoms with Gasteiger partial charge in [0.25, 0.3) is 0 Å². The summed E-state index contributed by atoms with van der Waals surface area (Å²) < 4.78 is 5.23. The second kappa shape index (κ2) is 5.37. The summed E-state index contributed by atoms with van der Waals surface area (Å²) in [6.45, 7) is 3.71. The SMILES string of the molecule is C=CC[C@@H]1OC(=O)N[C@H]1CC1CCCCC1. The molecule has 2 atom stereocenters. The van der Waals surface area contributed by atoms with Gasteiger partial charge in [0.2, 0.25) is 0 Å². The molecule has 2 fully saturated rings. The van der Waals surface area contributed by atoms with E-state index in [0.717, 1.165) is 18.8 Å². The number of nitrogens with one attached hydrogen (secondary N) is 1. The first-order valence-electron chi connectivity index (χ1n) is 6.37. The second-order valence-electron chi connectivity index (χ2n) is 4.96. The zero-order valence-electron chi connectivity index (χ0n) is 9.78. The summed E-state index contributed by atoms with van der Waals surface area (Å²) in [6.07, 6.45) is 10.1. The lowest BCUT2D eigenvalue weighted by Crippen LogP contribution is -2.33. The third-order valence-electron chi connectivity index (χ3n) is 3.72. The van der Waals surface area contributed by atoms with Gasteiger partial charge in [-0.1, -0.05) is 38.2 Å². The normalized spacial score (nSPS) is 30.9. The minimum absolute atomic E-state index is 0.00641. The molecule has 2 rings (SSSR count). The van der Waals surface area contributed by atoms with E-state index in [9.17, 15) is 4.79 Å². The molecule has 2 aliphatic rings. The fourth-order valence-corrected chi connectivity index (χ4v) is 2.87. The van der Waals surface area contributed by atoms with E-state index in [-0.39, 0.29) is 18.2 Å². The van der Waals surface area contributed by atoms with Crippen molar-refractivity contribution in [1.82, 2.24) is 5.32 Å². The van der Waals surface area contributed by atoms with Gasteiger partial charge in [0.05, 0.1) is 6.04 Å². The fraction of sp³-hybridized carbons (Fsp3) is 0.769. The Bertz CT molecular complexity index is 259. The van der Waals surface area contributed by atoms with Gasteiger partial charge in [-0.2, -0.15) is 0 Å². The van der Waals surface area contributed by atoms with Crippen LogP contribution in [0.15, 0.2) is 12.7 Å². The highest BCUT2D eigenvalue weighted by atomic mass is 16.6. The molecule has 1 aliphatic carbocycles. The third-order valence-corrected chi connectivity index (χ3v) is 3.72. The first-order valence-corrected chi connectivity index (χ1v) is 6.37. The Morgan fingerprint density at radius 2 is 2.12 bits per heavy atom. The molecule has 0 aromatic carbocycles. The molecule has 1 saturated carbocycles. The Labute approximate surface area is 97.2 Å². The minimum atomic E-state index is -0.257. The number of carbonyl (C=O) groups excluding carboxylic acids is 1. The highest BCUT2D eigenvalue weighted by molar-refractivity contribution is 5.70. The van der Waals surface area contributed by atoms with Crippen LogP contribution in [0.3, 0.4) is 0 Å². The zero-order chi connectivity index (χ0) is 11.4. The van der Waals surface area contributed by atoms with Crippen LogP contribution in [0.4, 0.5) is 4.79 Å². The maximum atomic E-state index is 11.2. The van der Waals surface area contributed by atoms with Crippen LogP contribution in [0.2, 0.25) is 0 Å². The van der Waals surface area contributed by atoms with Gasteiger partial charge in [0.1, 0.15) is 6.10 Å². The summed E-state index contributed by atoms with van der Waals surface area (Å²) in [5.41, 5.74) is 0. The van der Waals surface area contributed by atoms with Crippen molar-refractivity contribution in [1.29, 1.82) is 0 Å². The molecule has 1 N–H and O–H groups in total. The maximum Gasteiger partial charge on any atom is 0.407 e. The second-order valence-corrected chi connectivity index (χ2v) is 4.96. The molecule has 0 aromatic heterocycles. The Balaban J connectivity index is 1.86. The number of rotatable bonds is 4. The standard InChI is InChI=1S/C13H21NO2/c1-2-6-12-11(14-13(15)16-12)9-10-7-4-3-5-8-10/h2,10-12H,1,3-9H2,(H,14,15)/t11-,12-/m0/s1. The molecule has 0 aromatic rings. The van der Waals surface area contributed by atoms with Crippen LogP contribution in [0, 0.1) is 5.92 Å². The summed E-state index contributed by atoms with van der Waals surface area (Å²) in [5.74, 6) is 0.771. The van der Waals surface area contributed by atoms with Gasteiger partial charge in [0, 0.05) is 6.42 Å². The van der Waals surface area contributed by atoms with Crippen LogP contribution in [0.5, 0.6) is 0 Å². The van der Waals surface area contributed by atoms with Gasteiger partial charge >= 0.3 is 6.09 Å². The lowest BCUT2D eigenvalue weighted by atomic mass is 9.83. The molecule has 0 radical (unpaired) electrons. The van der Waals surface area contributed by atoms with Crippen molar-refractivity contribution in [3.05, 3.63) is 12.7 Å². The number of hydrogen-bond donors (Lipinski definition) is 1. The van der Waals surface area contributed by atoms with Crippen LogP contribution in [-0.2, 0) is 4.74 Å². The molecule has 1 saturated heterocycles. The maximum absolute atomic E-state index is 11.2. The molecule has 16 heavy (non-hydrogen) atoms. The van der Waals surface area contributed by atoms with Crippen LogP contribution in [0.25, 0.3) is 0 Å². The molecular weight excluding hydrogens is 202 g/mol. The highest BCUT2D eigenvalue weighted by Gasteiger charge is 2.34. The van der Waals surface area contributed by atoms with Crippen molar-refractivity contribution in [2.75, 3.05) is 0 Å². The van der Waals surface area contributed by atoms with Gasteiger partial charge < -0.3 is 10.1 Å². The molecule has 1 aliphatic heterocycles. The van der Waals surface area contributed by atoms with Crippen molar-refractivity contribution >= 4 is 6.09 Å². The average molecular weight is 223 g/mol. The average Bonchev–Trinajstić information content (AvgIpc) is 2.61. The Hall–Kier alpha value is -0.990. The summed E-state index contributed by atoms with van der Waals surface area (Å²) in [7, 11) is 0. The van der Waals surface area contributed by atoms with Crippen LogP contribution in [0.1, 0.15) is 44.9 Å². The quantitative estimate of drug-likeness (QED) is 0.744. The molecular formula is C13H21NO2. The Morgan fingerprint density at radius 3 is 2.81 bits per heavy atom. The molecule has 0 spiro atoms. The first kappa shape index (κ1) is 11.5. The zero-order valence-corrected chi connectivity index (χ0v) is 9.78. The Kier molecular flexibility index (Phi) is 3.86. The highest BCUT2D eigenvalue weighted by Crippen LogP contribution is 2.30. The van der Waals surface area contributed by atoms with Crippen molar-refractivity contribution in [3.63, 3.8) is 0 Å². The van der Waals surface area contributed by atoms with Gasteiger partial charge in [0.15, 0.2) is 0 Å². The number of cyclic esters (lactones) is 1. The number of amides is 1. The van der Waals surface area contributed by atoms with Gasteiger partial charge in [-0.3, -0.25) is 0 Å². The van der Waals surface area contributed by atoms with Crippen molar-refractivity contribution in [3.8, 4) is 0 Å². The first-order chi connectivity index (χ1) is 7.79. The summed E-state index contributed by atoms with van der Waals surface area (Å²) in [4.78, 5) is 11.2. The lowest BCUT2D eigenvalue weighted by Gasteiger charge is -2.25. The number of alkyl carbamates (subject to hydrolysis) is 1. The van der Waals surface area contributed by atoms with Gasteiger partial charge in [-0.25, -0.2) is 4.79 Å². The van der Waals surface area contributed by atoms with Crippen LogP contribution < -0.4 is 5.32 Å². The molecule has 1 heterocycles. The van der Waals surface area contributed by atoms with Crippen LogP contribution in [-0.4, -0.2) is 18.2 Å². The van der Waals surface area contributed by atoms with Gasteiger partial charge in [-0.15, -0.1) is 6.58 Å². The predicted octanol–water partition coefficient (Wildman–Crippen LogP) is 3.01. The summed E-state index contributed by atoms with van der Waals surface area (Å²) >= 11 is 0. The number of carbonyl (C=O) groups is 1. The van der Waals surface area contributed by atoms with E-state index < -0.39 is 0 Å². The molecule has 3 heteroatoms.